The average molecular weight is 264 g/mol. The van der Waals surface area contributed by atoms with Gasteiger partial charge in [0.25, 0.3) is 0 Å². The van der Waals surface area contributed by atoms with Crippen molar-refractivity contribution in [3.8, 4) is 11.3 Å². The van der Waals surface area contributed by atoms with Crippen molar-refractivity contribution in [3.63, 3.8) is 0 Å². The van der Waals surface area contributed by atoms with Crippen molar-refractivity contribution in [2.45, 2.75) is 26.8 Å². The predicted octanol–water partition coefficient (Wildman–Crippen LogP) is 4.41. The first-order valence-electron chi connectivity index (χ1n) is 6.26. The first-order chi connectivity index (χ1) is 8.70. The maximum atomic E-state index is 6.02. The highest BCUT2D eigenvalue weighted by atomic mass is 35.5. The molecule has 0 atom stereocenters. The lowest BCUT2D eigenvalue weighted by molar-refractivity contribution is 0.493. The highest BCUT2D eigenvalue weighted by Crippen LogP contribution is 2.28. The molecule has 2 aromatic rings. The molecule has 0 unspecified atom stereocenters. The zero-order valence-electron chi connectivity index (χ0n) is 10.8. The van der Waals surface area contributed by atoms with Crippen LogP contribution >= 0.6 is 11.6 Å². The van der Waals surface area contributed by atoms with E-state index in [0.717, 1.165) is 41.6 Å². The lowest BCUT2D eigenvalue weighted by Gasteiger charge is -2.03. The van der Waals surface area contributed by atoms with Gasteiger partial charge >= 0.3 is 0 Å². The number of benzene rings is 1. The molecule has 0 amide bonds. The number of furan rings is 1. The van der Waals surface area contributed by atoms with E-state index in [-0.39, 0.29) is 0 Å². The van der Waals surface area contributed by atoms with Crippen molar-refractivity contribution in [1.29, 1.82) is 0 Å². The third kappa shape index (κ3) is 3.15. The number of hydrogen-bond acceptors (Lipinski definition) is 2. The van der Waals surface area contributed by atoms with Gasteiger partial charge < -0.3 is 9.73 Å². The molecule has 0 fully saturated rings. The molecular weight excluding hydrogens is 246 g/mol. The Kier molecular flexibility index (Phi) is 4.45. The van der Waals surface area contributed by atoms with E-state index in [4.69, 9.17) is 16.0 Å². The van der Waals surface area contributed by atoms with Crippen molar-refractivity contribution in [2.24, 2.45) is 0 Å². The van der Waals surface area contributed by atoms with Gasteiger partial charge in [0.15, 0.2) is 0 Å². The van der Waals surface area contributed by atoms with Crippen LogP contribution in [0.15, 0.2) is 34.7 Å². The summed E-state index contributed by atoms with van der Waals surface area (Å²) in [6, 6.07) is 9.86. The smallest absolute Gasteiger partial charge is 0.134 e. The van der Waals surface area contributed by atoms with Crippen LogP contribution in [0, 0.1) is 6.92 Å². The fraction of sp³-hybridized carbons (Fsp3) is 0.333. The van der Waals surface area contributed by atoms with Crippen LogP contribution in [0.1, 0.15) is 24.7 Å². The third-order valence-electron chi connectivity index (χ3n) is 2.85. The van der Waals surface area contributed by atoms with Gasteiger partial charge in [-0.25, -0.2) is 0 Å². The SMILES string of the molecule is CCCNCc1ccc(-c2cc(Cl)ccc2C)o1. The summed E-state index contributed by atoms with van der Waals surface area (Å²) >= 11 is 6.02. The maximum absolute atomic E-state index is 6.02. The Bertz CT molecular complexity index is 519. The first-order valence-corrected chi connectivity index (χ1v) is 6.64. The predicted molar refractivity (Wildman–Crippen MR) is 75.9 cm³/mol. The Balaban J connectivity index is 2.16. The number of nitrogens with one attached hydrogen (secondary N) is 1. The van der Waals surface area contributed by atoms with Crippen molar-refractivity contribution in [2.75, 3.05) is 6.54 Å². The molecule has 96 valence electrons. The number of hydrogen-bond donors (Lipinski definition) is 1. The van der Waals surface area contributed by atoms with Gasteiger partial charge in [0.05, 0.1) is 6.54 Å². The lowest BCUT2D eigenvalue weighted by Crippen LogP contribution is -2.12. The van der Waals surface area contributed by atoms with Gasteiger partial charge in [0, 0.05) is 10.6 Å². The van der Waals surface area contributed by atoms with Crippen LogP contribution in [0.4, 0.5) is 0 Å². The second-order valence-electron chi connectivity index (χ2n) is 4.40. The average Bonchev–Trinajstić information content (AvgIpc) is 2.81. The Morgan fingerprint density at radius 2 is 2.06 bits per heavy atom. The minimum atomic E-state index is 0.734. The number of rotatable bonds is 5. The Labute approximate surface area is 113 Å². The molecule has 3 heteroatoms. The highest BCUT2D eigenvalue weighted by Gasteiger charge is 2.07. The molecule has 0 aliphatic heterocycles. The summed E-state index contributed by atoms with van der Waals surface area (Å²) < 4.78 is 5.83. The van der Waals surface area contributed by atoms with Crippen LogP contribution in [0.5, 0.6) is 0 Å². The Morgan fingerprint density at radius 1 is 1.22 bits per heavy atom. The third-order valence-corrected chi connectivity index (χ3v) is 3.09. The van der Waals surface area contributed by atoms with E-state index < -0.39 is 0 Å². The van der Waals surface area contributed by atoms with Crippen LogP contribution in [0.3, 0.4) is 0 Å². The van der Waals surface area contributed by atoms with E-state index in [0.29, 0.717) is 0 Å². The van der Waals surface area contributed by atoms with Gasteiger partial charge in [-0.05, 0) is 49.7 Å². The van der Waals surface area contributed by atoms with E-state index in [1.165, 1.54) is 5.56 Å². The molecule has 0 spiro atoms. The summed E-state index contributed by atoms with van der Waals surface area (Å²) in [6.07, 6.45) is 1.13. The molecule has 0 bridgehead atoms. The van der Waals surface area contributed by atoms with Crippen LogP contribution < -0.4 is 5.32 Å². The normalized spacial score (nSPS) is 10.8. The van der Waals surface area contributed by atoms with Gasteiger partial charge in [0.2, 0.25) is 0 Å². The summed E-state index contributed by atoms with van der Waals surface area (Å²) in [5.41, 5.74) is 2.23. The quantitative estimate of drug-likeness (QED) is 0.809. The van der Waals surface area contributed by atoms with E-state index >= 15 is 0 Å². The molecule has 1 N–H and O–H groups in total. The zero-order valence-corrected chi connectivity index (χ0v) is 11.6. The molecule has 0 saturated heterocycles. The summed E-state index contributed by atoms with van der Waals surface area (Å²) in [7, 11) is 0. The van der Waals surface area contributed by atoms with Gasteiger partial charge in [-0.1, -0.05) is 24.6 Å². The summed E-state index contributed by atoms with van der Waals surface area (Å²) in [6.45, 7) is 5.98. The van der Waals surface area contributed by atoms with Crippen molar-refractivity contribution in [3.05, 3.63) is 46.7 Å². The largest absolute Gasteiger partial charge is 0.460 e. The second-order valence-corrected chi connectivity index (χ2v) is 4.84. The van der Waals surface area contributed by atoms with Gasteiger partial charge in [-0.2, -0.15) is 0 Å². The first kappa shape index (κ1) is 13.2. The molecule has 1 aromatic carbocycles. The second kappa shape index (κ2) is 6.07. The molecule has 18 heavy (non-hydrogen) atoms. The van der Waals surface area contributed by atoms with Crippen LogP contribution in [0.2, 0.25) is 5.02 Å². The molecule has 2 rings (SSSR count). The number of halogens is 1. The van der Waals surface area contributed by atoms with E-state index in [1.807, 2.05) is 30.3 Å². The zero-order chi connectivity index (χ0) is 13.0. The lowest BCUT2D eigenvalue weighted by atomic mass is 10.1. The maximum Gasteiger partial charge on any atom is 0.134 e. The topological polar surface area (TPSA) is 25.2 Å². The summed E-state index contributed by atoms with van der Waals surface area (Å²) in [5, 5.41) is 4.06. The van der Waals surface area contributed by atoms with Crippen LogP contribution in [-0.4, -0.2) is 6.54 Å². The molecule has 2 nitrogen and oxygen atoms in total. The van der Waals surface area contributed by atoms with Gasteiger partial charge in [-0.3, -0.25) is 0 Å². The molecule has 0 aliphatic rings. The monoisotopic (exact) mass is 263 g/mol. The minimum absolute atomic E-state index is 0.734. The minimum Gasteiger partial charge on any atom is -0.460 e. The standard InChI is InChI=1S/C15H18ClNO/c1-3-8-17-10-13-6-7-15(18-13)14-9-12(16)5-4-11(14)2/h4-7,9,17H,3,8,10H2,1-2H3. The van der Waals surface area contributed by atoms with E-state index in [9.17, 15) is 0 Å². The van der Waals surface area contributed by atoms with E-state index in [2.05, 4.69) is 19.2 Å². The van der Waals surface area contributed by atoms with Gasteiger partial charge in [-0.15, -0.1) is 0 Å². The summed E-state index contributed by atoms with van der Waals surface area (Å²) in [4.78, 5) is 0. The molecular formula is C15H18ClNO. The van der Waals surface area contributed by atoms with Gasteiger partial charge in [0.1, 0.15) is 11.5 Å². The Morgan fingerprint density at radius 3 is 2.83 bits per heavy atom. The van der Waals surface area contributed by atoms with Crippen molar-refractivity contribution >= 4 is 11.6 Å². The molecule has 0 radical (unpaired) electrons. The molecule has 0 aliphatic carbocycles. The fourth-order valence-corrected chi connectivity index (χ4v) is 2.04. The Hall–Kier alpha value is -1.25. The molecule has 1 heterocycles. The summed E-state index contributed by atoms with van der Waals surface area (Å²) in [5.74, 6) is 1.83. The number of aryl methyl sites for hydroxylation is 1. The fourth-order valence-electron chi connectivity index (χ4n) is 1.87. The molecule has 1 aromatic heterocycles. The van der Waals surface area contributed by atoms with Crippen LogP contribution in [0.25, 0.3) is 11.3 Å². The van der Waals surface area contributed by atoms with Crippen molar-refractivity contribution in [1.82, 2.24) is 5.32 Å². The highest BCUT2D eigenvalue weighted by molar-refractivity contribution is 6.30. The van der Waals surface area contributed by atoms with Crippen molar-refractivity contribution < 1.29 is 4.42 Å². The van der Waals surface area contributed by atoms with E-state index in [1.54, 1.807) is 0 Å². The van der Waals surface area contributed by atoms with Crippen LogP contribution in [-0.2, 0) is 6.54 Å². The molecule has 0 saturated carbocycles.